The van der Waals surface area contributed by atoms with Crippen molar-refractivity contribution in [3.63, 3.8) is 0 Å². The fraction of sp³-hybridized carbons (Fsp3) is 0.417. The van der Waals surface area contributed by atoms with Crippen LogP contribution in [0.2, 0.25) is 6.82 Å². The van der Waals surface area contributed by atoms with Crippen molar-refractivity contribution in [3.8, 4) is 0 Å². The standard InChI is InChI=1S/C12H14B2N4O6/c1-14(23)17-5-8(16-7-17)4-9(15-6-13-22)12(21)24-18-10(19)2-3-11(18)20/h5-7,9,23H,2-4H2,1H3. The van der Waals surface area contributed by atoms with E-state index in [4.69, 9.17) is 4.84 Å². The van der Waals surface area contributed by atoms with Crippen LogP contribution < -0.4 is 0 Å². The van der Waals surface area contributed by atoms with Crippen LogP contribution in [0.4, 0.5) is 0 Å². The van der Waals surface area contributed by atoms with Crippen molar-refractivity contribution < 1.29 is 28.9 Å². The first-order chi connectivity index (χ1) is 11.4. The van der Waals surface area contributed by atoms with Crippen molar-refractivity contribution >= 4 is 38.1 Å². The second kappa shape index (κ2) is 7.77. The molecule has 24 heavy (non-hydrogen) atoms. The van der Waals surface area contributed by atoms with Crippen molar-refractivity contribution in [1.29, 1.82) is 0 Å². The molecule has 1 aliphatic rings. The second-order valence-corrected chi connectivity index (χ2v) is 5.09. The van der Waals surface area contributed by atoms with E-state index in [0.717, 1.165) is 6.11 Å². The van der Waals surface area contributed by atoms with Crippen molar-refractivity contribution in [2.45, 2.75) is 32.1 Å². The van der Waals surface area contributed by atoms with E-state index in [-0.39, 0.29) is 19.3 Å². The zero-order valence-corrected chi connectivity index (χ0v) is 12.9. The molecule has 0 saturated carbocycles. The van der Waals surface area contributed by atoms with Crippen LogP contribution in [0.1, 0.15) is 18.5 Å². The average molecular weight is 332 g/mol. The van der Waals surface area contributed by atoms with E-state index in [9.17, 15) is 24.1 Å². The van der Waals surface area contributed by atoms with Gasteiger partial charge in [0.2, 0.25) is 0 Å². The Morgan fingerprint density at radius 3 is 2.75 bits per heavy atom. The van der Waals surface area contributed by atoms with Gasteiger partial charge in [0.15, 0.2) is 0 Å². The molecule has 1 aromatic heterocycles. The maximum atomic E-state index is 12.2. The summed E-state index contributed by atoms with van der Waals surface area (Å²) in [5.74, 6) is -2.17. The normalized spacial score (nSPS) is 15.7. The van der Waals surface area contributed by atoms with Gasteiger partial charge in [0.25, 0.3) is 0 Å². The minimum atomic E-state index is -1.16. The summed E-state index contributed by atoms with van der Waals surface area (Å²) in [5.41, 5.74) is 0.417. The summed E-state index contributed by atoms with van der Waals surface area (Å²) >= 11 is 0. The number of hydrogen-bond donors (Lipinski definition) is 1. The first-order valence-corrected chi connectivity index (χ1v) is 7.17. The zero-order valence-electron chi connectivity index (χ0n) is 12.9. The van der Waals surface area contributed by atoms with Gasteiger partial charge in [-0.25, -0.2) is 0 Å². The molecule has 124 valence electrons. The Balaban J connectivity index is 2.10. The molecule has 0 spiro atoms. The van der Waals surface area contributed by atoms with Crippen LogP contribution in [0.3, 0.4) is 0 Å². The predicted molar refractivity (Wildman–Crippen MR) is 81.1 cm³/mol. The topological polar surface area (TPSA) is 131 Å². The van der Waals surface area contributed by atoms with Gasteiger partial charge >= 0.3 is 137 Å². The number of rotatable bonds is 7. The molecule has 1 aromatic rings. The van der Waals surface area contributed by atoms with Gasteiger partial charge in [-0.15, -0.1) is 0 Å². The fourth-order valence-electron chi connectivity index (χ4n) is 2.03. The van der Waals surface area contributed by atoms with Crippen LogP contribution in [-0.2, 0) is 30.3 Å². The van der Waals surface area contributed by atoms with E-state index in [2.05, 4.69) is 9.98 Å². The van der Waals surface area contributed by atoms with E-state index in [1.807, 2.05) is 0 Å². The molecule has 1 fully saturated rings. The first kappa shape index (κ1) is 17.7. The van der Waals surface area contributed by atoms with Gasteiger partial charge in [-0.2, -0.15) is 0 Å². The Bertz CT molecular complexity index is 673. The van der Waals surface area contributed by atoms with Crippen molar-refractivity contribution in [2.24, 2.45) is 4.99 Å². The van der Waals surface area contributed by atoms with Crippen LogP contribution in [0.25, 0.3) is 0 Å². The van der Waals surface area contributed by atoms with Crippen molar-refractivity contribution in [1.82, 2.24) is 14.5 Å². The summed E-state index contributed by atoms with van der Waals surface area (Å²) in [4.78, 5) is 47.7. The third-order valence-electron chi connectivity index (χ3n) is 3.27. The molecule has 2 amide bonds. The Hall–Kier alpha value is -2.62. The molecular weight excluding hydrogens is 318 g/mol. The molecule has 1 unspecified atom stereocenters. The van der Waals surface area contributed by atoms with Gasteiger partial charge in [0.1, 0.15) is 0 Å². The molecule has 2 heterocycles. The Morgan fingerprint density at radius 2 is 2.21 bits per heavy atom. The average Bonchev–Trinajstić information content (AvgIpc) is 3.13. The number of carbonyl (C=O) groups excluding carboxylic acids is 3. The van der Waals surface area contributed by atoms with E-state index in [1.165, 1.54) is 23.8 Å². The molecule has 0 bridgehead atoms. The van der Waals surface area contributed by atoms with Gasteiger partial charge in [0.05, 0.1) is 0 Å². The number of aliphatic imine (C=N–C) groups is 1. The van der Waals surface area contributed by atoms with Crippen molar-refractivity contribution in [2.75, 3.05) is 0 Å². The molecule has 0 radical (unpaired) electrons. The minimum absolute atomic E-state index is 0.0207. The third-order valence-corrected chi connectivity index (χ3v) is 3.27. The summed E-state index contributed by atoms with van der Waals surface area (Å²) in [6.07, 6.45) is 3.69. The molecule has 10 nitrogen and oxygen atoms in total. The van der Waals surface area contributed by atoms with Gasteiger partial charge in [-0.1, -0.05) is 0 Å². The van der Waals surface area contributed by atoms with Gasteiger partial charge in [0, 0.05) is 0 Å². The molecular formula is C12H14B2N4O6. The number of carbonyl (C=O) groups is 3. The van der Waals surface area contributed by atoms with Gasteiger partial charge in [-0.05, 0) is 0 Å². The summed E-state index contributed by atoms with van der Waals surface area (Å²) in [7, 11) is -0.407. The molecule has 0 aromatic carbocycles. The number of hydrogen-bond acceptors (Lipinski definition) is 8. The molecule has 2 rings (SSSR count). The molecule has 1 N–H and O–H groups in total. The number of imide groups is 1. The van der Waals surface area contributed by atoms with Crippen LogP contribution in [0.15, 0.2) is 17.5 Å². The summed E-state index contributed by atoms with van der Waals surface area (Å²) in [6.45, 7) is 1.53. The van der Waals surface area contributed by atoms with Gasteiger partial charge < -0.3 is 0 Å². The van der Waals surface area contributed by atoms with Crippen LogP contribution >= 0.6 is 0 Å². The molecule has 0 aliphatic carbocycles. The number of hydroxylamine groups is 2. The molecule has 1 saturated heterocycles. The summed E-state index contributed by atoms with van der Waals surface area (Å²) in [5, 5.41) is 9.86. The Kier molecular flexibility index (Phi) is 5.74. The van der Waals surface area contributed by atoms with Crippen LogP contribution in [0.5, 0.6) is 0 Å². The molecule has 1 aliphatic heterocycles. The predicted octanol–water partition coefficient (Wildman–Crippen LogP) is -1.56. The number of nitrogens with zero attached hydrogens (tertiary/aromatic N) is 4. The van der Waals surface area contributed by atoms with Crippen molar-refractivity contribution in [3.05, 3.63) is 18.2 Å². The van der Waals surface area contributed by atoms with E-state index >= 15 is 0 Å². The number of aromatic nitrogens is 2. The van der Waals surface area contributed by atoms with E-state index in [1.54, 1.807) is 0 Å². The fourth-order valence-corrected chi connectivity index (χ4v) is 2.03. The van der Waals surface area contributed by atoms with Crippen LogP contribution in [0, 0.1) is 0 Å². The summed E-state index contributed by atoms with van der Waals surface area (Å²) in [6, 6.07) is -1.16. The SMILES string of the molecule is CB(O)n1cnc(CC(N=CB=O)C(=O)ON2C(=O)CCC2=O)c1. The Morgan fingerprint density at radius 1 is 1.54 bits per heavy atom. The van der Waals surface area contributed by atoms with Gasteiger partial charge in [-0.3, -0.25) is 0 Å². The Labute approximate surface area is 137 Å². The number of imidazole rings is 1. The van der Waals surface area contributed by atoms with Crippen LogP contribution in [-0.4, -0.2) is 63.7 Å². The molecule has 12 heteroatoms. The first-order valence-electron chi connectivity index (χ1n) is 7.17. The molecule has 1 atom stereocenters. The zero-order chi connectivity index (χ0) is 17.7. The van der Waals surface area contributed by atoms with E-state index in [0.29, 0.717) is 17.9 Å². The van der Waals surface area contributed by atoms with E-state index < -0.39 is 30.9 Å². The summed E-state index contributed by atoms with van der Waals surface area (Å²) < 4.78 is 11.9. The monoisotopic (exact) mass is 332 g/mol. The number of amides is 2. The second-order valence-electron chi connectivity index (χ2n) is 5.09. The quantitative estimate of drug-likeness (QED) is 0.363. The maximum absolute atomic E-state index is 12.2. The third kappa shape index (κ3) is 4.22.